The Balaban J connectivity index is 2.53. The first-order valence-corrected chi connectivity index (χ1v) is 8.61. The number of aliphatic hydroxyl groups is 1. The van der Waals surface area contributed by atoms with Crippen LogP contribution < -0.4 is 5.32 Å². The number of hydrogen-bond donors (Lipinski definition) is 2. The van der Waals surface area contributed by atoms with Crippen molar-refractivity contribution < 1.29 is 5.11 Å². The maximum Gasteiger partial charge on any atom is 0.0695 e. The van der Waals surface area contributed by atoms with Gasteiger partial charge in [0.2, 0.25) is 0 Å². The lowest BCUT2D eigenvalue weighted by Gasteiger charge is -2.41. The second-order valence-corrected chi connectivity index (χ2v) is 7.07. The molecule has 3 atom stereocenters. The van der Waals surface area contributed by atoms with Gasteiger partial charge in [-0.25, -0.2) is 0 Å². The fourth-order valence-electron chi connectivity index (χ4n) is 3.72. The number of rotatable bonds is 9. The predicted octanol–water partition coefficient (Wildman–Crippen LogP) is 3.03. The van der Waals surface area contributed by atoms with Crippen molar-refractivity contribution in [3.63, 3.8) is 0 Å². The van der Waals surface area contributed by atoms with E-state index < -0.39 is 0 Å². The third-order valence-electron chi connectivity index (χ3n) is 4.72. The molecule has 0 amide bonds. The molecule has 0 aromatic rings. The van der Waals surface area contributed by atoms with E-state index in [0.29, 0.717) is 11.5 Å². The summed E-state index contributed by atoms with van der Waals surface area (Å²) in [6.45, 7) is 10.2. The van der Waals surface area contributed by atoms with E-state index in [2.05, 4.69) is 38.0 Å². The maximum absolute atomic E-state index is 10.2. The molecule has 0 saturated heterocycles. The Morgan fingerprint density at radius 2 is 1.90 bits per heavy atom. The third kappa shape index (κ3) is 5.71. The molecule has 3 unspecified atom stereocenters. The van der Waals surface area contributed by atoms with Gasteiger partial charge >= 0.3 is 0 Å². The highest BCUT2D eigenvalue weighted by Crippen LogP contribution is 2.28. The topological polar surface area (TPSA) is 35.5 Å². The van der Waals surface area contributed by atoms with Crippen LogP contribution in [0.25, 0.3) is 0 Å². The van der Waals surface area contributed by atoms with Gasteiger partial charge < -0.3 is 15.3 Å². The molecule has 0 aromatic heterocycles. The van der Waals surface area contributed by atoms with Crippen LogP contribution in [0, 0.1) is 5.41 Å². The van der Waals surface area contributed by atoms with Gasteiger partial charge in [0.15, 0.2) is 0 Å². The molecule has 2 N–H and O–H groups in total. The van der Waals surface area contributed by atoms with Crippen LogP contribution in [0.15, 0.2) is 0 Å². The van der Waals surface area contributed by atoms with Crippen LogP contribution in [0.3, 0.4) is 0 Å². The van der Waals surface area contributed by atoms with Crippen molar-refractivity contribution >= 4 is 0 Å². The van der Waals surface area contributed by atoms with Crippen LogP contribution in [0.1, 0.15) is 65.7 Å². The van der Waals surface area contributed by atoms with Gasteiger partial charge in [-0.15, -0.1) is 0 Å². The molecule has 0 spiro atoms. The molecule has 0 radical (unpaired) electrons. The predicted molar refractivity (Wildman–Crippen MR) is 87.1 cm³/mol. The minimum atomic E-state index is -0.122. The molecule has 1 rings (SSSR count). The van der Waals surface area contributed by atoms with Gasteiger partial charge in [-0.2, -0.15) is 0 Å². The van der Waals surface area contributed by atoms with Crippen molar-refractivity contribution in [1.82, 2.24) is 10.2 Å². The molecule has 1 fully saturated rings. The number of aliphatic hydroxyl groups excluding tert-OH is 1. The zero-order valence-corrected chi connectivity index (χ0v) is 14.1. The van der Waals surface area contributed by atoms with Crippen LogP contribution in [-0.4, -0.2) is 48.8 Å². The number of likely N-dealkylation sites (N-methyl/N-ethyl adjacent to an activating group) is 1. The Morgan fingerprint density at radius 1 is 1.20 bits per heavy atom. The van der Waals surface area contributed by atoms with Crippen molar-refractivity contribution in [2.24, 2.45) is 5.41 Å². The molecule has 3 nitrogen and oxygen atoms in total. The Labute approximate surface area is 126 Å². The standard InChI is InChI=1S/C17H36N2O/c1-5-11-17(3,13-18-12-6-2)14-19(4)15-9-7-8-10-16(15)20/h15-16,18,20H,5-14H2,1-4H3. The normalized spacial score (nSPS) is 26.7. The summed E-state index contributed by atoms with van der Waals surface area (Å²) in [6.07, 6.45) is 8.14. The molecule has 120 valence electrons. The Morgan fingerprint density at radius 3 is 2.50 bits per heavy atom. The van der Waals surface area contributed by atoms with E-state index in [4.69, 9.17) is 0 Å². The fourth-order valence-corrected chi connectivity index (χ4v) is 3.72. The summed E-state index contributed by atoms with van der Waals surface area (Å²) in [5.74, 6) is 0. The molecule has 3 heteroatoms. The smallest absolute Gasteiger partial charge is 0.0695 e. The third-order valence-corrected chi connectivity index (χ3v) is 4.72. The van der Waals surface area contributed by atoms with Gasteiger partial charge in [-0.05, 0) is 44.7 Å². The maximum atomic E-state index is 10.2. The van der Waals surface area contributed by atoms with Crippen LogP contribution >= 0.6 is 0 Å². The highest BCUT2D eigenvalue weighted by molar-refractivity contribution is 4.86. The Hall–Kier alpha value is -0.120. The van der Waals surface area contributed by atoms with Crippen LogP contribution in [0.5, 0.6) is 0 Å². The van der Waals surface area contributed by atoms with Gasteiger partial charge in [0.05, 0.1) is 6.10 Å². The summed E-state index contributed by atoms with van der Waals surface area (Å²) in [6, 6.07) is 0.367. The monoisotopic (exact) mass is 284 g/mol. The van der Waals surface area contributed by atoms with E-state index in [1.54, 1.807) is 0 Å². The summed E-state index contributed by atoms with van der Waals surface area (Å²) in [4.78, 5) is 2.42. The average molecular weight is 284 g/mol. The Kier molecular flexibility index (Phi) is 8.08. The minimum Gasteiger partial charge on any atom is -0.391 e. The van der Waals surface area contributed by atoms with Gasteiger partial charge in [-0.1, -0.05) is 40.0 Å². The molecular weight excluding hydrogens is 248 g/mol. The highest BCUT2D eigenvalue weighted by atomic mass is 16.3. The lowest BCUT2D eigenvalue weighted by molar-refractivity contribution is 0.0132. The molecule has 1 aliphatic rings. The van der Waals surface area contributed by atoms with Gasteiger partial charge in [0.25, 0.3) is 0 Å². The first kappa shape index (κ1) is 17.9. The molecule has 0 heterocycles. The van der Waals surface area contributed by atoms with E-state index in [9.17, 15) is 5.11 Å². The van der Waals surface area contributed by atoms with Crippen LogP contribution in [0.4, 0.5) is 0 Å². The number of nitrogens with one attached hydrogen (secondary N) is 1. The quantitative estimate of drug-likeness (QED) is 0.639. The molecule has 0 bridgehead atoms. The number of nitrogens with zero attached hydrogens (tertiary/aromatic N) is 1. The molecule has 20 heavy (non-hydrogen) atoms. The average Bonchev–Trinajstić information content (AvgIpc) is 2.39. The van der Waals surface area contributed by atoms with Crippen molar-refractivity contribution in [2.45, 2.75) is 77.9 Å². The first-order chi connectivity index (χ1) is 9.52. The van der Waals surface area contributed by atoms with Crippen molar-refractivity contribution in [3.05, 3.63) is 0 Å². The Bertz CT molecular complexity index is 259. The lowest BCUT2D eigenvalue weighted by atomic mass is 9.83. The second-order valence-electron chi connectivity index (χ2n) is 7.07. The van der Waals surface area contributed by atoms with E-state index in [1.807, 2.05) is 0 Å². The van der Waals surface area contributed by atoms with E-state index in [0.717, 1.165) is 32.5 Å². The van der Waals surface area contributed by atoms with Crippen molar-refractivity contribution in [3.8, 4) is 0 Å². The second kappa shape index (κ2) is 9.01. The number of hydrogen-bond acceptors (Lipinski definition) is 3. The largest absolute Gasteiger partial charge is 0.391 e. The molecule has 0 aliphatic heterocycles. The zero-order valence-electron chi connectivity index (χ0n) is 14.1. The molecule has 1 saturated carbocycles. The minimum absolute atomic E-state index is 0.122. The van der Waals surface area contributed by atoms with Gasteiger partial charge in [0.1, 0.15) is 0 Å². The summed E-state index contributed by atoms with van der Waals surface area (Å²) in [5, 5.41) is 13.8. The summed E-state index contributed by atoms with van der Waals surface area (Å²) in [5.41, 5.74) is 0.315. The molecule has 1 aliphatic carbocycles. The van der Waals surface area contributed by atoms with Crippen molar-refractivity contribution in [2.75, 3.05) is 26.7 Å². The van der Waals surface area contributed by atoms with Gasteiger partial charge in [-0.3, -0.25) is 0 Å². The van der Waals surface area contributed by atoms with Gasteiger partial charge in [0, 0.05) is 19.1 Å². The summed E-state index contributed by atoms with van der Waals surface area (Å²) < 4.78 is 0. The fraction of sp³-hybridized carbons (Fsp3) is 1.00. The van der Waals surface area contributed by atoms with Crippen LogP contribution in [-0.2, 0) is 0 Å². The van der Waals surface area contributed by atoms with E-state index in [1.165, 1.54) is 32.1 Å². The van der Waals surface area contributed by atoms with Crippen molar-refractivity contribution in [1.29, 1.82) is 0 Å². The molecule has 0 aromatic carbocycles. The summed E-state index contributed by atoms with van der Waals surface area (Å²) in [7, 11) is 2.20. The lowest BCUT2D eigenvalue weighted by Crippen LogP contribution is -2.49. The van der Waals surface area contributed by atoms with E-state index in [-0.39, 0.29) is 6.10 Å². The highest BCUT2D eigenvalue weighted by Gasteiger charge is 2.31. The zero-order chi connectivity index (χ0) is 15.0. The first-order valence-electron chi connectivity index (χ1n) is 8.61. The van der Waals surface area contributed by atoms with E-state index >= 15 is 0 Å². The molecular formula is C17H36N2O. The summed E-state index contributed by atoms with van der Waals surface area (Å²) >= 11 is 0. The van der Waals surface area contributed by atoms with Crippen LogP contribution in [0.2, 0.25) is 0 Å². The SMILES string of the molecule is CCCNCC(C)(CCC)CN(C)C1CCCCC1O.